The molecule has 0 fully saturated rings. The van der Waals surface area contributed by atoms with E-state index in [1.165, 1.54) is 0 Å². The normalized spacial score (nSPS) is 10.4. The molecule has 106 valence electrons. The van der Waals surface area contributed by atoms with Crippen LogP contribution in [0.25, 0.3) is 10.9 Å². The van der Waals surface area contributed by atoms with E-state index in [0.29, 0.717) is 17.6 Å². The lowest BCUT2D eigenvalue weighted by atomic mass is 10.2. The van der Waals surface area contributed by atoms with Crippen LogP contribution in [0, 0.1) is 0 Å². The standard InChI is InChI=1S/C16H15N3O2/c1-17-16-18-14-9-4-3-8-13(14)15(19-16)21-12-7-5-6-11(10-12)20-2/h3-10H,1-2H3,(H,17,18,19). The molecule has 0 atom stereocenters. The zero-order chi connectivity index (χ0) is 14.7. The van der Waals surface area contributed by atoms with E-state index in [1.807, 2.05) is 48.5 Å². The van der Waals surface area contributed by atoms with Gasteiger partial charge in [-0.2, -0.15) is 4.98 Å². The van der Waals surface area contributed by atoms with Crippen molar-refractivity contribution in [3.8, 4) is 17.4 Å². The molecule has 0 aliphatic heterocycles. The molecule has 2 aromatic carbocycles. The molecule has 0 saturated carbocycles. The summed E-state index contributed by atoms with van der Waals surface area (Å²) in [6.45, 7) is 0. The minimum Gasteiger partial charge on any atom is -0.497 e. The lowest BCUT2D eigenvalue weighted by Gasteiger charge is -2.10. The Balaban J connectivity index is 2.06. The van der Waals surface area contributed by atoms with Gasteiger partial charge in [-0.05, 0) is 24.3 Å². The lowest BCUT2D eigenvalue weighted by molar-refractivity contribution is 0.408. The van der Waals surface area contributed by atoms with E-state index in [1.54, 1.807) is 14.2 Å². The Morgan fingerprint density at radius 1 is 0.952 bits per heavy atom. The molecule has 21 heavy (non-hydrogen) atoms. The smallest absolute Gasteiger partial charge is 0.231 e. The highest BCUT2D eigenvalue weighted by Crippen LogP contribution is 2.29. The first kappa shape index (κ1) is 13.2. The van der Waals surface area contributed by atoms with Gasteiger partial charge in [0.05, 0.1) is 18.0 Å². The summed E-state index contributed by atoms with van der Waals surface area (Å²) in [5.74, 6) is 2.43. The first-order chi connectivity index (χ1) is 10.3. The van der Waals surface area contributed by atoms with Gasteiger partial charge in [-0.25, -0.2) is 4.98 Å². The van der Waals surface area contributed by atoms with Crippen LogP contribution in [0.2, 0.25) is 0 Å². The summed E-state index contributed by atoms with van der Waals surface area (Å²) < 4.78 is 11.1. The van der Waals surface area contributed by atoms with Crippen LogP contribution in [0.15, 0.2) is 48.5 Å². The van der Waals surface area contributed by atoms with Gasteiger partial charge < -0.3 is 14.8 Å². The average Bonchev–Trinajstić information content (AvgIpc) is 2.55. The molecule has 0 saturated heterocycles. The third-order valence-electron chi connectivity index (χ3n) is 3.05. The first-order valence-corrected chi connectivity index (χ1v) is 6.56. The minimum atomic E-state index is 0.512. The average molecular weight is 281 g/mol. The van der Waals surface area contributed by atoms with Crippen LogP contribution < -0.4 is 14.8 Å². The second kappa shape index (κ2) is 5.66. The van der Waals surface area contributed by atoms with Crippen molar-refractivity contribution in [1.82, 2.24) is 9.97 Å². The molecule has 0 radical (unpaired) electrons. The second-order valence-corrected chi connectivity index (χ2v) is 4.40. The first-order valence-electron chi connectivity index (χ1n) is 6.56. The summed E-state index contributed by atoms with van der Waals surface area (Å²) in [7, 11) is 3.40. The Morgan fingerprint density at radius 2 is 1.76 bits per heavy atom. The van der Waals surface area contributed by atoms with Gasteiger partial charge in [0.25, 0.3) is 0 Å². The molecule has 3 aromatic rings. The Kier molecular flexibility index (Phi) is 3.55. The highest BCUT2D eigenvalue weighted by Gasteiger charge is 2.09. The van der Waals surface area contributed by atoms with Crippen molar-refractivity contribution in [2.75, 3.05) is 19.5 Å². The molecule has 5 nitrogen and oxygen atoms in total. The molecule has 0 unspecified atom stereocenters. The van der Waals surface area contributed by atoms with Crippen LogP contribution in [0.4, 0.5) is 5.95 Å². The molecule has 0 spiro atoms. The molecular weight excluding hydrogens is 266 g/mol. The van der Waals surface area contributed by atoms with Crippen LogP contribution >= 0.6 is 0 Å². The summed E-state index contributed by atoms with van der Waals surface area (Å²) in [5, 5.41) is 3.80. The number of para-hydroxylation sites is 1. The molecule has 0 amide bonds. The number of nitrogens with zero attached hydrogens (tertiary/aromatic N) is 2. The van der Waals surface area contributed by atoms with Crippen molar-refractivity contribution in [2.45, 2.75) is 0 Å². The van der Waals surface area contributed by atoms with Gasteiger partial charge in [-0.1, -0.05) is 18.2 Å². The molecular formula is C16H15N3O2. The number of hydrogen-bond donors (Lipinski definition) is 1. The topological polar surface area (TPSA) is 56.3 Å². The summed E-state index contributed by atoms with van der Waals surface area (Å²) in [6.07, 6.45) is 0. The summed E-state index contributed by atoms with van der Waals surface area (Å²) in [5.41, 5.74) is 0.828. The maximum absolute atomic E-state index is 5.91. The molecule has 5 heteroatoms. The van der Waals surface area contributed by atoms with Crippen molar-refractivity contribution in [1.29, 1.82) is 0 Å². The van der Waals surface area contributed by atoms with Crippen molar-refractivity contribution in [3.05, 3.63) is 48.5 Å². The highest BCUT2D eigenvalue weighted by atomic mass is 16.5. The van der Waals surface area contributed by atoms with E-state index in [4.69, 9.17) is 9.47 Å². The monoisotopic (exact) mass is 281 g/mol. The quantitative estimate of drug-likeness (QED) is 0.793. The van der Waals surface area contributed by atoms with Gasteiger partial charge in [0.1, 0.15) is 11.5 Å². The largest absolute Gasteiger partial charge is 0.497 e. The zero-order valence-corrected chi connectivity index (χ0v) is 11.8. The predicted molar refractivity (Wildman–Crippen MR) is 82.2 cm³/mol. The van der Waals surface area contributed by atoms with Crippen molar-refractivity contribution < 1.29 is 9.47 Å². The van der Waals surface area contributed by atoms with Crippen LogP contribution in [-0.2, 0) is 0 Å². The number of methoxy groups -OCH3 is 1. The van der Waals surface area contributed by atoms with Gasteiger partial charge in [0.15, 0.2) is 0 Å². The lowest BCUT2D eigenvalue weighted by Crippen LogP contribution is -1.99. The van der Waals surface area contributed by atoms with Gasteiger partial charge in [-0.15, -0.1) is 0 Å². The van der Waals surface area contributed by atoms with Crippen LogP contribution in [-0.4, -0.2) is 24.1 Å². The molecule has 1 N–H and O–H groups in total. The molecule has 1 aromatic heterocycles. The van der Waals surface area contributed by atoms with E-state index in [0.717, 1.165) is 16.7 Å². The Morgan fingerprint density at radius 3 is 2.57 bits per heavy atom. The Bertz CT molecular complexity index is 774. The van der Waals surface area contributed by atoms with Gasteiger partial charge in [0.2, 0.25) is 11.8 Å². The van der Waals surface area contributed by atoms with Crippen LogP contribution in [0.3, 0.4) is 0 Å². The predicted octanol–water partition coefficient (Wildman–Crippen LogP) is 3.47. The fourth-order valence-corrected chi connectivity index (χ4v) is 2.01. The van der Waals surface area contributed by atoms with Gasteiger partial charge in [0, 0.05) is 13.1 Å². The number of rotatable bonds is 4. The SMILES string of the molecule is CNc1nc(Oc2cccc(OC)c2)c2ccccc2n1. The van der Waals surface area contributed by atoms with E-state index in [2.05, 4.69) is 15.3 Å². The summed E-state index contributed by atoms with van der Waals surface area (Å²) in [6, 6.07) is 15.1. The molecule has 0 bridgehead atoms. The number of ether oxygens (including phenoxy) is 2. The fourth-order valence-electron chi connectivity index (χ4n) is 2.01. The number of fused-ring (bicyclic) bond motifs is 1. The van der Waals surface area contributed by atoms with Gasteiger partial charge >= 0.3 is 0 Å². The van der Waals surface area contributed by atoms with E-state index in [-0.39, 0.29) is 0 Å². The molecule has 3 rings (SSSR count). The fraction of sp³-hybridized carbons (Fsp3) is 0.125. The number of nitrogens with one attached hydrogen (secondary N) is 1. The maximum Gasteiger partial charge on any atom is 0.231 e. The highest BCUT2D eigenvalue weighted by molar-refractivity contribution is 5.84. The molecule has 1 heterocycles. The van der Waals surface area contributed by atoms with Crippen molar-refractivity contribution in [3.63, 3.8) is 0 Å². The van der Waals surface area contributed by atoms with E-state index in [9.17, 15) is 0 Å². The second-order valence-electron chi connectivity index (χ2n) is 4.40. The minimum absolute atomic E-state index is 0.512. The Labute approximate surface area is 122 Å². The summed E-state index contributed by atoms with van der Waals surface area (Å²) in [4.78, 5) is 8.79. The number of hydrogen-bond acceptors (Lipinski definition) is 5. The third kappa shape index (κ3) is 2.72. The number of anilines is 1. The third-order valence-corrected chi connectivity index (χ3v) is 3.05. The molecule has 0 aliphatic carbocycles. The van der Waals surface area contributed by atoms with Crippen molar-refractivity contribution in [2.24, 2.45) is 0 Å². The van der Waals surface area contributed by atoms with Crippen molar-refractivity contribution >= 4 is 16.9 Å². The zero-order valence-electron chi connectivity index (χ0n) is 11.8. The van der Waals surface area contributed by atoms with Gasteiger partial charge in [-0.3, -0.25) is 0 Å². The maximum atomic E-state index is 5.91. The molecule has 0 aliphatic rings. The summed E-state index contributed by atoms with van der Waals surface area (Å²) >= 11 is 0. The van der Waals surface area contributed by atoms with Crippen LogP contribution in [0.1, 0.15) is 0 Å². The van der Waals surface area contributed by atoms with E-state index < -0.39 is 0 Å². The van der Waals surface area contributed by atoms with E-state index >= 15 is 0 Å². The number of aromatic nitrogens is 2. The number of benzene rings is 2. The van der Waals surface area contributed by atoms with Crippen LogP contribution in [0.5, 0.6) is 17.4 Å². The Hall–Kier alpha value is -2.82.